The fourth-order valence-electron chi connectivity index (χ4n) is 5.49. The molecule has 0 aliphatic carbocycles. The summed E-state index contributed by atoms with van der Waals surface area (Å²) in [5.41, 5.74) is 3.51. The summed E-state index contributed by atoms with van der Waals surface area (Å²) in [6.07, 6.45) is 3.53. The van der Waals surface area contributed by atoms with Crippen LogP contribution in [0.5, 0.6) is 0 Å². The van der Waals surface area contributed by atoms with Gasteiger partial charge in [0.15, 0.2) is 0 Å². The van der Waals surface area contributed by atoms with Gasteiger partial charge in [0.05, 0.1) is 22.7 Å². The number of aromatic nitrogens is 2. The van der Waals surface area contributed by atoms with Gasteiger partial charge >= 0.3 is 0 Å². The monoisotopic (exact) mass is 482 g/mol. The maximum Gasteiger partial charge on any atom is 0.254 e. The van der Waals surface area contributed by atoms with Gasteiger partial charge in [-0.05, 0) is 77.7 Å². The van der Waals surface area contributed by atoms with Crippen molar-refractivity contribution in [2.45, 2.75) is 59.5 Å². The number of nitrogens with zero attached hydrogens (tertiary/aromatic N) is 2. The summed E-state index contributed by atoms with van der Waals surface area (Å²) in [5, 5.41) is 4.24. The van der Waals surface area contributed by atoms with E-state index in [2.05, 4.69) is 39.7 Å². The minimum atomic E-state index is -0.271. The van der Waals surface area contributed by atoms with Gasteiger partial charge in [0.1, 0.15) is 0 Å². The molecule has 1 aliphatic rings. The van der Waals surface area contributed by atoms with Crippen molar-refractivity contribution in [1.29, 1.82) is 0 Å². The maximum absolute atomic E-state index is 13.4. The average molecular weight is 483 g/mol. The SMILES string of the molecule is CCCN1CCC([C@@H](C)n2c(C)c(C(=O)NCc3c(Cl)cc(C)[nH]c3=O)c3ccccc32)CC1. The van der Waals surface area contributed by atoms with E-state index in [1.54, 1.807) is 13.0 Å². The number of nitrogens with one attached hydrogen (secondary N) is 2. The molecule has 1 fully saturated rings. The van der Waals surface area contributed by atoms with Crippen molar-refractivity contribution in [2.24, 2.45) is 5.92 Å². The second-order valence-electron chi connectivity index (χ2n) is 9.56. The molecular weight excluding hydrogens is 448 g/mol. The second kappa shape index (κ2) is 10.4. The van der Waals surface area contributed by atoms with Crippen molar-refractivity contribution in [3.05, 3.63) is 68.2 Å². The van der Waals surface area contributed by atoms with E-state index < -0.39 is 0 Å². The molecule has 182 valence electrons. The molecule has 0 unspecified atom stereocenters. The van der Waals surface area contributed by atoms with Crippen molar-refractivity contribution in [1.82, 2.24) is 19.8 Å². The summed E-state index contributed by atoms with van der Waals surface area (Å²) in [5.74, 6) is 0.386. The molecular formula is C27H35ClN4O2. The van der Waals surface area contributed by atoms with Crippen molar-refractivity contribution in [2.75, 3.05) is 19.6 Å². The number of carbonyl (C=O) groups is 1. The molecule has 2 N–H and O–H groups in total. The van der Waals surface area contributed by atoms with Crippen LogP contribution in [0.1, 0.15) is 66.5 Å². The minimum absolute atomic E-state index is 0.0810. The summed E-state index contributed by atoms with van der Waals surface area (Å²) >= 11 is 6.27. The minimum Gasteiger partial charge on any atom is -0.348 e. The third-order valence-corrected chi connectivity index (χ3v) is 7.62. The van der Waals surface area contributed by atoms with Crippen LogP contribution in [0, 0.1) is 19.8 Å². The van der Waals surface area contributed by atoms with Gasteiger partial charge in [-0.3, -0.25) is 9.59 Å². The zero-order chi connectivity index (χ0) is 24.4. The number of halogens is 1. The zero-order valence-electron chi connectivity index (χ0n) is 20.6. The van der Waals surface area contributed by atoms with Gasteiger partial charge in [-0.15, -0.1) is 0 Å². The van der Waals surface area contributed by atoms with E-state index in [-0.39, 0.29) is 18.0 Å². The van der Waals surface area contributed by atoms with Crippen molar-refractivity contribution < 1.29 is 4.79 Å². The molecule has 3 heterocycles. The Labute approximate surface area is 206 Å². The van der Waals surface area contributed by atoms with Crippen LogP contribution in [0.2, 0.25) is 5.02 Å². The molecule has 0 saturated carbocycles. The molecule has 4 rings (SSSR count). The molecule has 3 aromatic rings. The number of carbonyl (C=O) groups excluding carboxylic acids is 1. The van der Waals surface area contributed by atoms with Crippen molar-refractivity contribution >= 4 is 28.4 Å². The Hall–Kier alpha value is -2.57. The highest BCUT2D eigenvalue weighted by molar-refractivity contribution is 6.31. The number of benzene rings is 1. The smallest absolute Gasteiger partial charge is 0.254 e. The number of pyridine rings is 1. The van der Waals surface area contributed by atoms with Crippen molar-refractivity contribution in [3.8, 4) is 0 Å². The summed E-state index contributed by atoms with van der Waals surface area (Å²) in [7, 11) is 0. The van der Waals surface area contributed by atoms with Crippen LogP contribution in [0.25, 0.3) is 10.9 Å². The molecule has 0 spiro atoms. The van der Waals surface area contributed by atoms with Crippen LogP contribution >= 0.6 is 11.6 Å². The Kier molecular flexibility index (Phi) is 7.48. The quantitative estimate of drug-likeness (QED) is 0.485. The lowest BCUT2D eigenvalue weighted by atomic mass is 9.90. The van der Waals surface area contributed by atoms with Crippen LogP contribution in [0.4, 0.5) is 0 Å². The lowest BCUT2D eigenvalue weighted by Gasteiger charge is -2.36. The molecule has 6 nitrogen and oxygen atoms in total. The Balaban J connectivity index is 1.60. The van der Waals surface area contributed by atoms with E-state index in [4.69, 9.17) is 11.6 Å². The van der Waals surface area contributed by atoms with E-state index in [1.807, 2.05) is 25.1 Å². The molecule has 2 aromatic heterocycles. The zero-order valence-corrected chi connectivity index (χ0v) is 21.3. The first-order valence-corrected chi connectivity index (χ1v) is 12.7. The number of rotatable bonds is 7. The Bertz CT molecular complexity index is 1240. The predicted octanol–water partition coefficient (Wildman–Crippen LogP) is 5.21. The highest BCUT2D eigenvalue weighted by Crippen LogP contribution is 2.35. The van der Waals surface area contributed by atoms with Crippen LogP contribution in [0.15, 0.2) is 35.1 Å². The first-order valence-electron chi connectivity index (χ1n) is 12.3. The molecule has 0 radical (unpaired) electrons. The van der Waals surface area contributed by atoms with Crippen LogP contribution in [-0.4, -0.2) is 40.0 Å². The molecule has 7 heteroatoms. The standard InChI is InChI=1S/C27H35ClN4O2/c1-5-12-31-13-10-20(11-14-31)18(3)32-19(4)25(21-8-6-7-9-24(21)32)27(34)29-16-22-23(28)15-17(2)30-26(22)33/h6-9,15,18,20H,5,10-14,16H2,1-4H3,(H,29,34)(H,30,33)/t18-/m1/s1. The molecule has 34 heavy (non-hydrogen) atoms. The fourth-order valence-corrected chi connectivity index (χ4v) is 5.80. The molecule has 0 bridgehead atoms. The molecule has 1 amide bonds. The van der Waals surface area contributed by atoms with E-state index in [9.17, 15) is 9.59 Å². The van der Waals surface area contributed by atoms with E-state index in [0.29, 0.717) is 33.8 Å². The molecule has 1 aliphatic heterocycles. The first kappa shape index (κ1) is 24.6. The Morgan fingerprint density at radius 1 is 1.24 bits per heavy atom. The normalized spacial score (nSPS) is 16.1. The Morgan fingerprint density at radius 2 is 1.94 bits per heavy atom. The predicted molar refractivity (Wildman–Crippen MR) is 139 cm³/mol. The number of para-hydroxylation sites is 1. The second-order valence-corrected chi connectivity index (χ2v) is 9.97. The summed E-state index contributed by atoms with van der Waals surface area (Å²) in [6.45, 7) is 11.9. The first-order chi connectivity index (χ1) is 16.3. The topological polar surface area (TPSA) is 70.1 Å². The van der Waals surface area contributed by atoms with Gasteiger partial charge in [-0.2, -0.15) is 0 Å². The molecule has 1 atom stereocenters. The number of aryl methyl sites for hydroxylation is 1. The summed E-state index contributed by atoms with van der Waals surface area (Å²) < 4.78 is 2.34. The number of hydrogen-bond donors (Lipinski definition) is 2. The number of aromatic amines is 1. The molecule has 1 aromatic carbocycles. The fraction of sp³-hybridized carbons (Fsp3) is 0.481. The summed E-state index contributed by atoms with van der Waals surface area (Å²) in [4.78, 5) is 31.0. The van der Waals surface area contributed by atoms with Crippen LogP contribution in [-0.2, 0) is 6.54 Å². The number of likely N-dealkylation sites (tertiary alicyclic amines) is 1. The number of piperidine rings is 1. The Morgan fingerprint density at radius 3 is 2.62 bits per heavy atom. The van der Waals surface area contributed by atoms with Crippen molar-refractivity contribution in [3.63, 3.8) is 0 Å². The highest BCUT2D eigenvalue weighted by atomic mass is 35.5. The van der Waals surface area contributed by atoms with Gasteiger partial charge in [0.25, 0.3) is 11.5 Å². The average Bonchev–Trinajstić information content (AvgIpc) is 3.10. The third-order valence-electron chi connectivity index (χ3n) is 7.29. The van der Waals surface area contributed by atoms with Gasteiger partial charge < -0.3 is 19.8 Å². The van der Waals surface area contributed by atoms with Gasteiger partial charge in [-0.25, -0.2) is 0 Å². The van der Waals surface area contributed by atoms with Gasteiger partial charge in [0, 0.05) is 28.3 Å². The molecule has 1 saturated heterocycles. The van der Waals surface area contributed by atoms with Crippen LogP contribution < -0.4 is 10.9 Å². The lowest BCUT2D eigenvalue weighted by molar-refractivity contribution is 0.0951. The largest absolute Gasteiger partial charge is 0.348 e. The van der Waals surface area contributed by atoms with Crippen LogP contribution in [0.3, 0.4) is 0 Å². The number of amides is 1. The van der Waals surface area contributed by atoms with Gasteiger partial charge in [-0.1, -0.05) is 36.7 Å². The van der Waals surface area contributed by atoms with E-state index >= 15 is 0 Å². The van der Waals surface area contributed by atoms with Gasteiger partial charge in [0.2, 0.25) is 0 Å². The lowest BCUT2D eigenvalue weighted by Crippen LogP contribution is -2.36. The number of fused-ring (bicyclic) bond motifs is 1. The third kappa shape index (κ3) is 4.80. The maximum atomic E-state index is 13.4. The highest BCUT2D eigenvalue weighted by Gasteiger charge is 2.29. The van der Waals surface area contributed by atoms with E-state index in [0.717, 1.165) is 29.7 Å². The summed E-state index contributed by atoms with van der Waals surface area (Å²) in [6, 6.07) is 10.1. The number of H-pyrrole nitrogens is 1. The van der Waals surface area contributed by atoms with E-state index in [1.165, 1.54) is 25.8 Å². The number of hydrogen-bond acceptors (Lipinski definition) is 3.